The lowest BCUT2D eigenvalue weighted by atomic mass is 10.0. The molecule has 0 aromatic heterocycles. The molecule has 3 rings (SSSR count). The molecule has 1 N–H and O–H groups in total. The standard InChI is InChI=1S/C29H32ClFN2O2S/c1-29(2,3)32-28(35)26(17-21-8-5-4-6-9-21)33(18-23-10-7-11-24(30)16-23)27(34)20-36-19-22-12-14-25(31)15-13-22/h4-16,26H,17-20H2,1-3H3,(H,32,35)/t26-/m0/s1. The number of hydrogen-bond donors (Lipinski definition) is 1. The van der Waals surface area contributed by atoms with Gasteiger partial charge >= 0.3 is 0 Å². The fraction of sp³-hybridized carbons (Fsp3) is 0.310. The number of amides is 2. The van der Waals surface area contributed by atoms with E-state index in [2.05, 4.69) is 5.32 Å². The van der Waals surface area contributed by atoms with Crippen molar-refractivity contribution >= 4 is 35.2 Å². The summed E-state index contributed by atoms with van der Waals surface area (Å²) in [5.74, 6) is 0.110. The summed E-state index contributed by atoms with van der Waals surface area (Å²) in [5.41, 5.74) is 2.30. The van der Waals surface area contributed by atoms with Gasteiger partial charge in [0.2, 0.25) is 11.8 Å². The van der Waals surface area contributed by atoms with Crippen LogP contribution in [0.25, 0.3) is 0 Å². The number of halogens is 2. The number of nitrogens with one attached hydrogen (secondary N) is 1. The molecule has 2 amide bonds. The fourth-order valence-electron chi connectivity index (χ4n) is 3.76. The van der Waals surface area contributed by atoms with Gasteiger partial charge < -0.3 is 10.2 Å². The Kier molecular flexibility index (Phi) is 9.97. The van der Waals surface area contributed by atoms with E-state index in [0.29, 0.717) is 17.2 Å². The average Bonchev–Trinajstić information content (AvgIpc) is 2.82. The zero-order valence-electron chi connectivity index (χ0n) is 20.8. The van der Waals surface area contributed by atoms with Crippen LogP contribution in [-0.2, 0) is 28.3 Å². The molecule has 3 aromatic rings. The van der Waals surface area contributed by atoms with Crippen LogP contribution in [-0.4, -0.2) is 34.0 Å². The Hall–Kier alpha value is -2.83. The number of carbonyl (C=O) groups is 2. The minimum atomic E-state index is -0.704. The molecular weight excluding hydrogens is 495 g/mol. The quantitative estimate of drug-likeness (QED) is 0.339. The van der Waals surface area contributed by atoms with E-state index < -0.39 is 11.6 Å². The summed E-state index contributed by atoms with van der Waals surface area (Å²) in [6, 6.07) is 22.6. The Balaban J connectivity index is 1.86. The first kappa shape index (κ1) is 27.8. The summed E-state index contributed by atoms with van der Waals surface area (Å²) in [7, 11) is 0. The first-order chi connectivity index (χ1) is 17.1. The molecular formula is C29H32ClFN2O2S. The average molecular weight is 527 g/mol. The molecule has 0 radical (unpaired) electrons. The van der Waals surface area contributed by atoms with Gasteiger partial charge in [-0.05, 0) is 61.7 Å². The summed E-state index contributed by atoms with van der Waals surface area (Å²) in [6.45, 7) is 6.02. The summed E-state index contributed by atoms with van der Waals surface area (Å²) in [4.78, 5) is 28.8. The van der Waals surface area contributed by atoms with Crippen molar-refractivity contribution in [3.63, 3.8) is 0 Å². The predicted octanol–water partition coefficient (Wildman–Crippen LogP) is 6.27. The van der Waals surface area contributed by atoms with E-state index in [4.69, 9.17) is 11.6 Å². The van der Waals surface area contributed by atoms with Crippen molar-refractivity contribution in [1.29, 1.82) is 0 Å². The lowest BCUT2D eigenvalue weighted by molar-refractivity contribution is -0.140. The smallest absolute Gasteiger partial charge is 0.243 e. The molecule has 0 aliphatic carbocycles. The van der Waals surface area contributed by atoms with Crippen LogP contribution in [0.3, 0.4) is 0 Å². The number of rotatable bonds is 10. The van der Waals surface area contributed by atoms with E-state index in [0.717, 1.165) is 16.7 Å². The summed E-state index contributed by atoms with van der Waals surface area (Å²) >= 11 is 7.66. The predicted molar refractivity (Wildman–Crippen MR) is 146 cm³/mol. The number of nitrogens with zero attached hydrogens (tertiary/aromatic N) is 1. The molecule has 0 heterocycles. The van der Waals surface area contributed by atoms with Gasteiger partial charge in [0.1, 0.15) is 11.9 Å². The van der Waals surface area contributed by atoms with Crippen LogP contribution in [0, 0.1) is 5.82 Å². The largest absolute Gasteiger partial charge is 0.350 e. The Labute approximate surface area is 222 Å². The van der Waals surface area contributed by atoms with Crippen molar-refractivity contribution in [2.24, 2.45) is 0 Å². The molecule has 0 aliphatic rings. The number of thioether (sulfide) groups is 1. The Morgan fingerprint density at radius 3 is 2.25 bits per heavy atom. The molecule has 0 spiro atoms. The second-order valence-electron chi connectivity index (χ2n) is 9.72. The third kappa shape index (κ3) is 8.99. The maximum Gasteiger partial charge on any atom is 0.243 e. The topological polar surface area (TPSA) is 49.4 Å². The van der Waals surface area contributed by atoms with Gasteiger partial charge in [0.15, 0.2) is 0 Å². The summed E-state index contributed by atoms with van der Waals surface area (Å²) in [5, 5.41) is 3.63. The second-order valence-corrected chi connectivity index (χ2v) is 11.1. The van der Waals surface area contributed by atoms with Crippen molar-refractivity contribution in [3.8, 4) is 0 Å². The van der Waals surface area contributed by atoms with Crippen molar-refractivity contribution < 1.29 is 14.0 Å². The molecule has 0 fully saturated rings. The van der Waals surface area contributed by atoms with Gasteiger partial charge in [0.25, 0.3) is 0 Å². The van der Waals surface area contributed by atoms with E-state index in [1.165, 1.54) is 23.9 Å². The monoisotopic (exact) mass is 526 g/mol. The van der Waals surface area contributed by atoms with E-state index in [1.807, 2.05) is 69.3 Å². The number of hydrogen-bond acceptors (Lipinski definition) is 3. The highest BCUT2D eigenvalue weighted by Crippen LogP contribution is 2.20. The fourth-order valence-corrected chi connectivity index (χ4v) is 4.84. The highest BCUT2D eigenvalue weighted by atomic mass is 35.5. The van der Waals surface area contributed by atoms with E-state index in [9.17, 15) is 14.0 Å². The van der Waals surface area contributed by atoms with Crippen LogP contribution >= 0.6 is 23.4 Å². The van der Waals surface area contributed by atoms with Gasteiger partial charge in [-0.2, -0.15) is 0 Å². The molecule has 4 nitrogen and oxygen atoms in total. The molecule has 0 saturated heterocycles. The number of benzene rings is 3. The third-order valence-corrected chi connectivity index (χ3v) is 6.64. The molecule has 7 heteroatoms. The van der Waals surface area contributed by atoms with Crippen molar-refractivity contribution in [3.05, 3.63) is 106 Å². The Morgan fingerprint density at radius 1 is 0.944 bits per heavy atom. The highest BCUT2D eigenvalue weighted by molar-refractivity contribution is 7.99. The van der Waals surface area contributed by atoms with Crippen LogP contribution in [0.1, 0.15) is 37.5 Å². The van der Waals surface area contributed by atoms with Crippen molar-refractivity contribution in [2.45, 2.75) is 51.1 Å². The normalized spacial score (nSPS) is 12.1. The SMILES string of the molecule is CC(C)(C)NC(=O)[C@H](Cc1ccccc1)N(Cc1cccc(Cl)c1)C(=O)CSCc1ccc(F)cc1. The minimum absolute atomic E-state index is 0.146. The van der Waals surface area contributed by atoms with Gasteiger partial charge in [0, 0.05) is 29.3 Å². The second kappa shape index (κ2) is 12.9. The molecule has 1 atom stereocenters. The molecule has 0 saturated carbocycles. The first-order valence-corrected chi connectivity index (χ1v) is 13.4. The Bertz CT molecular complexity index is 1150. The molecule has 3 aromatic carbocycles. The van der Waals surface area contributed by atoms with Crippen LogP contribution in [0.2, 0.25) is 5.02 Å². The van der Waals surface area contributed by atoms with Gasteiger partial charge in [-0.25, -0.2) is 4.39 Å². The van der Waals surface area contributed by atoms with Gasteiger partial charge in [-0.15, -0.1) is 11.8 Å². The van der Waals surface area contributed by atoms with Gasteiger partial charge in [-0.3, -0.25) is 9.59 Å². The third-order valence-electron chi connectivity index (χ3n) is 5.42. The summed E-state index contributed by atoms with van der Waals surface area (Å²) < 4.78 is 13.2. The van der Waals surface area contributed by atoms with E-state index in [1.54, 1.807) is 23.1 Å². The molecule has 0 unspecified atom stereocenters. The minimum Gasteiger partial charge on any atom is -0.350 e. The Morgan fingerprint density at radius 2 is 1.61 bits per heavy atom. The zero-order chi connectivity index (χ0) is 26.1. The van der Waals surface area contributed by atoms with Crippen molar-refractivity contribution in [2.75, 3.05) is 5.75 Å². The molecule has 36 heavy (non-hydrogen) atoms. The summed E-state index contributed by atoms with van der Waals surface area (Å²) in [6.07, 6.45) is 0.387. The highest BCUT2D eigenvalue weighted by Gasteiger charge is 2.32. The van der Waals surface area contributed by atoms with Crippen LogP contribution in [0.4, 0.5) is 4.39 Å². The van der Waals surface area contributed by atoms with E-state index >= 15 is 0 Å². The lowest BCUT2D eigenvalue weighted by Crippen LogP contribution is -2.54. The zero-order valence-corrected chi connectivity index (χ0v) is 22.4. The molecule has 0 aliphatic heterocycles. The first-order valence-electron chi connectivity index (χ1n) is 11.8. The van der Waals surface area contributed by atoms with Crippen LogP contribution < -0.4 is 5.32 Å². The molecule has 190 valence electrons. The number of carbonyl (C=O) groups excluding carboxylic acids is 2. The van der Waals surface area contributed by atoms with Gasteiger partial charge in [-0.1, -0.05) is 66.2 Å². The van der Waals surface area contributed by atoms with Crippen LogP contribution in [0.5, 0.6) is 0 Å². The van der Waals surface area contributed by atoms with E-state index in [-0.39, 0.29) is 29.9 Å². The van der Waals surface area contributed by atoms with Crippen LogP contribution in [0.15, 0.2) is 78.9 Å². The molecule has 0 bridgehead atoms. The van der Waals surface area contributed by atoms with Crippen molar-refractivity contribution in [1.82, 2.24) is 10.2 Å². The van der Waals surface area contributed by atoms with Gasteiger partial charge in [0.05, 0.1) is 5.75 Å². The maximum atomic E-state index is 13.6. The lowest BCUT2D eigenvalue weighted by Gasteiger charge is -2.34. The maximum absolute atomic E-state index is 13.6.